The number of carboxylic acids is 1. The summed E-state index contributed by atoms with van der Waals surface area (Å²) in [4.78, 5) is 22.4. The summed E-state index contributed by atoms with van der Waals surface area (Å²) in [6, 6.07) is 6.98. The molecule has 0 bridgehead atoms. The van der Waals surface area contributed by atoms with Crippen LogP contribution in [0.4, 0.5) is 5.69 Å². The number of carboxylic acid groups (broad SMARTS) is 1. The van der Waals surface area contributed by atoms with Gasteiger partial charge in [-0.05, 0) is 11.6 Å². The quantitative estimate of drug-likeness (QED) is 0.707. The molecule has 1 saturated heterocycles. The van der Waals surface area contributed by atoms with Gasteiger partial charge in [0.15, 0.2) is 0 Å². The molecule has 0 radical (unpaired) electrons. The van der Waals surface area contributed by atoms with E-state index in [1.54, 1.807) is 24.3 Å². The van der Waals surface area contributed by atoms with Gasteiger partial charge in [-0.1, -0.05) is 18.2 Å². The fourth-order valence-corrected chi connectivity index (χ4v) is 1.67. The highest BCUT2D eigenvalue weighted by molar-refractivity contribution is 5.94. The molecule has 5 nitrogen and oxygen atoms in total. The van der Waals surface area contributed by atoms with Crippen LogP contribution in [0.5, 0.6) is 0 Å². The summed E-state index contributed by atoms with van der Waals surface area (Å²) < 4.78 is 0. The predicted octanol–water partition coefficient (Wildman–Crippen LogP) is 0.472. The van der Waals surface area contributed by atoms with E-state index < -0.39 is 5.97 Å². The highest BCUT2D eigenvalue weighted by Gasteiger charge is 2.25. The monoisotopic (exact) mass is 234 g/mol. The fourth-order valence-electron chi connectivity index (χ4n) is 1.67. The minimum absolute atomic E-state index is 0.00659. The normalized spacial score (nSPS) is 15.1. The van der Waals surface area contributed by atoms with E-state index in [9.17, 15) is 9.59 Å². The van der Waals surface area contributed by atoms with E-state index in [4.69, 9.17) is 5.11 Å². The van der Waals surface area contributed by atoms with Crippen molar-refractivity contribution in [1.82, 2.24) is 5.32 Å². The molecule has 2 rings (SSSR count). The van der Waals surface area contributed by atoms with E-state index in [0.717, 1.165) is 0 Å². The number of benzene rings is 1. The standard InChI is InChI=1S/C12H14N2O3/c15-11(16)5-8-3-1-2-4-10(8)14-12(17)9-6-13-7-9/h1-4,9,13H,5-7H2,(H,14,17)(H,15,16). The van der Waals surface area contributed by atoms with Crippen LogP contribution in [0.1, 0.15) is 5.56 Å². The molecule has 1 aliphatic heterocycles. The van der Waals surface area contributed by atoms with Crippen LogP contribution >= 0.6 is 0 Å². The van der Waals surface area contributed by atoms with Gasteiger partial charge in [0.2, 0.25) is 5.91 Å². The van der Waals surface area contributed by atoms with Crippen LogP contribution in [-0.4, -0.2) is 30.1 Å². The Morgan fingerprint density at radius 3 is 2.65 bits per heavy atom. The molecule has 0 spiro atoms. The molecule has 1 heterocycles. The van der Waals surface area contributed by atoms with Crippen molar-refractivity contribution >= 4 is 17.6 Å². The lowest BCUT2D eigenvalue weighted by Crippen LogP contribution is -2.48. The Labute approximate surface area is 98.8 Å². The van der Waals surface area contributed by atoms with Gasteiger partial charge in [0.05, 0.1) is 12.3 Å². The Morgan fingerprint density at radius 2 is 2.06 bits per heavy atom. The second-order valence-corrected chi connectivity index (χ2v) is 4.07. The molecular formula is C12H14N2O3. The Morgan fingerprint density at radius 1 is 1.35 bits per heavy atom. The maximum absolute atomic E-state index is 11.7. The second-order valence-electron chi connectivity index (χ2n) is 4.07. The lowest BCUT2D eigenvalue weighted by atomic mass is 10.0. The van der Waals surface area contributed by atoms with Crippen molar-refractivity contribution in [1.29, 1.82) is 0 Å². The molecule has 17 heavy (non-hydrogen) atoms. The summed E-state index contributed by atoms with van der Waals surface area (Å²) in [7, 11) is 0. The number of nitrogens with one attached hydrogen (secondary N) is 2. The molecule has 0 atom stereocenters. The SMILES string of the molecule is O=C(O)Cc1ccccc1NC(=O)C1CNC1. The van der Waals surface area contributed by atoms with Gasteiger partial charge in [0.1, 0.15) is 0 Å². The van der Waals surface area contributed by atoms with Gasteiger partial charge in [-0.2, -0.15) is 0 Å². The molecule has 5 heteroatoms. The number of anilines is 1. The van der Waals surface area contributed by atoms with Crippen LogP contribution < -0.4 is 10.6 Å². The Kier molecular flexibility index (Phi) is 3.39. The third-order valence-electron chi connectivity index (χ3n) is 2.77. The molecule has 0 unspecified atom stereocenters. The number of hydrogen-bond donors (Lipinski definition) is 3. The summed E-state index contributed by atoms with van der Waals surface area (Å²) >= 11 is 0. The predicted molar refractivity (Wildman–Crippen MR) is 62.8 cm³/mol. The molecule has 1 aromatic carbocycles. The number of amides is 1. The van der Waals surface area contributed by atoms with E-state index in [2.05, 4.69) is 10.6 Å². The largest absolute Gasteiger partial charge is 0.481 e. The number of carbonyl (C=O) groups excluding carboxylic acids is 1. The topological polar surface area (TPSA) is 78.4 Å². The third kappa shape index (κ3) is 2.82. The van der Waals surface area contributed by atoms with Crippen molar-refractivity contribution in [3.63, 3.8) is 0 Å². The van der Waals surface area contributed by atoms with Crippen molar-refractivity contribution in [3.8, 4) is 0 Å². The lowest BCUT2D eigenvalue weighted by Gasteiger charge is -2.26. The van der Waals surface area contributed by atoms with E-state index in [0.29, 0.717) is 24.3 Å². The maximum atomic E-state index is 11.7. The van der Waals surface area contributed by atoms with Gasteiger partial charge in [0.25, 0.3) is 0 Å². The van der Waals surface area contributed by atoms with E-state index in [1.807, 2.05) is 0 Å². The van der Waals surface area contributed by atoms with Crippen LogP contribution in [0.25, 0.3) is 0 Å². The maximum Gasteiger partial charge on any atom is 0.307 e. The molecule has 1 fully saturated rings. The minimum atomic E-state index is -0.906. The molecule has 1 aliphatic rings. The molecule has 0 saturated carbocycles. The fraction of sp³-hybridized carbons (Fsp3) is 0.333. The number of aliphatic carboxylic acids is 1. The first kappa shape index (κ1) is 11.6. The smallest absolute Gasteiger partial charge is 0.307 e. The van der Waals surface area contributed by atoms with Gasteiger partial charge >= 0.3 is 5.97 Å². The first-order valence-corrected chi connectivity index (χ1v) is 5.48. The van der Waals surface area contributed by atoms with Crippen molar-refractivity contribution in [2.45, 2.75) is 6.42 Å². The number of rotatable bonds is 4. The average molecular weight is 234 g/mol. The summed E-state index contributed by atoms with van der Waals surface area (Å²) in [6.45, 7) is 1.37. The van der Waals surface area contributed by atoms with Gasteiger partial charge < -0.3 is 15.7 Å². The molecular weight excluding hydrogens is 220 g/mol. The first-order chi connectivity index (χ1) is 8.16. The zero-order valence-corrected chi connectivity index (χ0v) is 9.27. The summed E-state index contributed by atoms with van der Waals surface area (Å²) in [5.41, 5.74) is 1.22. The van der Waals surface area contributed by atoms with Crippen molar-refractivity contribution in [2.75, 3.05) is 18.4 Å². The molecule has 0 aromatic heterocycles. The third-order valence-corrected chi connectivity index (χ3v) is 2.77. The number of para-hydroxylation sites is 1. The molecule has 0 aliphatic carbocycles. The zero-order chi connectivity index (χ0) is 12.3. The van der Waals surface area contributed by atoms with Crippen LogP contribution in [0.2, 0.25) is 0 Å². The average Bonchev–Trinajstić information content (AvgIpc) is 2.17. The minimum Gasteiger partial charge on any atom is -0.481 e. The van der Waals surface area contributed by atoms with E-state index in [1.165, 1.54) is 0 Å². The van der Waals surface area contributed by atoms with Crippen LogP contribution in [0.3, 0.4) is 0 Å². The number of carbonyl (C=O) groups is 2. The Balaban J connectivity index is 2.08. The summed E-state index contributed by atoms with van der Waals surface area (Å²) in [5, 5.41) is 14.6. The number of hydrogen-bond acceptors (Lipinski definition) is 3. The van der Waals surface area contributed by atoms with Crippen LogP contribution in [0.15, 0.2) is 24.3 Å². The Bertz CT molecular complexity index is 441. The lowest BCUT2D eigenvalue weighted by molar-refractivity contribution is -0.136. The first-order valence-electron chi connectivity index (χ1n) is 5.48. The molecule has 3 N–H and O–H groups in total. The van der Waals surface area contributed by atoms with E-state index >= 15 is 0 Å². The van der Waals surface area contributed by atoms with Crippen LogP contribution in [-0.2, 0) is 16.0 Å². The molecule has 1 aromatic rings. The zero-order valence-electron chi connectivity index (χ0n) is 9.27. The van der Waals surface area contributed by atoms with Crippen LogP contribution in [0, 0.1) is 5.92 Å². The highest BCUT2D eigenvalue weighted by atomic mass is 16.4. The van der Waals surface area contributed by atoms with Gasteiger partial charge in [-0.3, -0.25) is 9.59 Å². The Hall–Kier alpha value is -1.88. The van der Waals surface area contributed by atoms with Crippen molar-refractivity contribution in [2.24, 2.45) is 5.92 Å². The van der Waals surface area contributed by atoms with Gasteiger partial charge in [-0.15, -0.1) is 0 Å². The van der Waals surface area contributed by atoms with Gasteiger partial charge in [-0.25, -0.2) is 0 Å². The van der Waals surface area contributed by atoms with Crippen molar-refractivity contribution < 1.29 is 14.7 Å². The van der Waals surface area contributed by atoms with E-state index in [-0.39, 0.29) is 18.2 Å². The molecule has 90 valence electrons. The highest BCUT2D eigenvalue weighted by Crippen LogP contribution is 2.17. The van der Waals surface area contributed by atoms with Crippen molar-refractivity contribution in [3.05, 3.63) is 29.8 Å². The van der Waals surface area contributed by atoms with Gasteiger partial charge in [0, 0.05) is 18.8 Å². The molecule has 1 amide bonds. The second kappa shape index (κ2) is 4.97. The summed E-state index contributed by atoms with van der Waals surface area (Å²) in [6.07, 6.45) is -0.0840. The summed E-state index contributed by atoms with van der Waals surface area (Å²) in [5.74, 6) is -0.966.